The van der Waals surface area contributed by atoms with Gasteiger partial charge >= 0.3 is 0 Å². The molecule has 1 aromatic heterocycles. The molecule has 1 unspecified atom stereocenters. The van der Waals surface area contributed by atoms with Gasteiger partial charge in [-0.1, -0.05) is 0 Å². The van der Waals surface area contributed by atoms with Crippen molar-refractivity contribution in [2.75, 3.05) is 0 Å². The number of nitrogens with two attached hydrogens (primary N) is 1. The van der Waals surface area contributed by atoms with Crippen LogP contribution in [0, 0.1) is 6.92 Å². The monoisotopic (exact) mass is 167 g/mol. The Morgan fingerprint density at radius 2 is 2.33 bits per heavy atom. The lowest BCUT2D eigenvalue weighted by molar-refractivity contribution is 0.745. The lowest BCUT2D eigenvalue weighted by Gasteiger charge is -1.99. The van der Waals surface area contributed by atoms with Crippen molar-refractivity contribution >= 4 is 5.84 Å². The summed E-state index contributed by atoms with van der Waals surface area (Å²) in [6.45, 7) is 5.50. The maximum atomic E-state index is 5.42. The molecule has 0 saturated carbocycles. The Labute approximate surface area is 71.1 Å². The quantitative estimate of drug-likeness (QED) is 0.498. The number of hydrogen-bond acceptors (Lipinski definition) is 3. The van der Waals surface area contributed by atoms with Crippen molar-refractivity contribution in [3.05, 3.63) is 11.6 Å². The van der Waals surface area contributed by atoms with Crippen LogP contribution in [0.2, 0.25) is 0 Å². The molecule has 1 heterocycles. The molecule has 0 fully saturated rings. The van der Waals surface area contributed by atoms with E-state index < -0.39 is 0 Å². The minimum atomic E-state index is -0.0695. The molecular weight excluding hydrogens is 154 g/mol. The summed E-state index contributed by atoms with van der Waals surface area (Å²) in [5.74, 6) is 2.02. The number of H-pyrrole nitrogens is 1. The number of nitrogens with zero attached hydrogens (tertiary/aromatic N) is 3. The minimum absolute atomic E-state index is 0.0695. The van der Waals surface area contributed by atoms with E-state index in [-0.39, 0.29) is 6.04 Å². The molecule has 0 aromatic carbocycles. The topological polar surface area (TPSA) is 80.0 Å². The predicted molar refractivity (Wildman–Crippen MR) is 46.8 cm³/mol. The molecule has 1 atom stereocenters. The molecular formula is C7H13N5. The van der Waals surface area contributed by atoms with Gasteiger partial charge in [-0.15, -0.1) is 0 Å². The van der Waals surface area contributed by atoms with Crippen LogP contribution < -0.4 is 5.73 Å². The van der Waals surface area contributed by atoms with E-state index in [4.69, 9.17) is 5.73 Å². The highest BCUT2D eigenvalue weighted by Gasteiger charge is 2.07. The van der Waals surface area contributed by atoms with E-state index in [0.717, 1.165) is 5.82 Å². The Bertz CT molecular complexity index is 284. The van der Waals surface area contributed by atoms with Crippen LogP contribution in [-0.2, 0) is 0 Å². The fraction of sp³-hybridized carbons (Fsp3) is 0.571. The maximum absolute atomic E-state index is 5.42. The largest absolute Gasteiger partial charge is 0.388 e. The van der Waals surface area contributed by atoms with Gasteiger partial charge in [-0.3, -0.25) is 10.1 Å². The van der Waals surface area contributed by atoms with E-state index >= 15 is 0 Å². The third kappa shape index (κ3) is 2.05. The summed E-state index contributed by atoms with van der Waals surface area (Å²) in [5.41, 5.74) is 5.42. The molecule has 12 heavy (non-hydrogen) atoms. The summed E-state index contributed by atoms with van der Waals surface area (Å²) in [6, 6.07) is -0.0695. The normalized spacial score (nSPS) is 14.8. The van der Waals surface area contributed by atoms with Crippen molar-refractivity contribution < 1.29 is 0 Å². The molecule has 0 aliphatic carbocycles. The number of aromatic nitrogens is 3. The number of aryl methyl sites for hydroxylation is 1. The zero-order valence-corrected chi connectivity index (χ0v) is 7.50. The number of hydrogen-bond donors (Lipinski definition) is 2. The van der Waals surface area contributed by atoms with Gasteiger partial charge in [0.15, 0.2) is 5.82 Å². The Morgan fingerprint density at radius 3 is 2.75 bits per heavy atom. The molecule has 0 aliphatic heterocycles. The van der Waals surface area contributed by atoms with Gasteiger partial charge in [0.1, 0.15) is 11.9 Å². The fourth-order valence-electron chi connectivity index (χ4n) is 0.910. The molecule has 0 spiro atoms. The number of rotatable bonds is 2. The standard InChI is InChI=1S/C7H13N5/c1-4(9-5(2)8)7-10-6(3)11-12-7/h4H,1-3H3,(H2,8,9)(H,10,11,12). The molecule has 66 valence electrons. The Balaban J connectivity index is 2.78. The van der Waals surface area contributed by atoms with E-state index in [1.165, 1.54) is 0 Å². The van der Waals surface area contributed by atoms with Gasteiger partial charge in [-0.25, -0.2) is 4.98 Å². The SMILES string of the molecule is CC(N)=NC(C)c1n[nH]c(C)n1. The Hall–Kier alpha value is -1.39. The highest BCUT2D eigenvalue weighted by Crippen LogP contribution is 2.10. The highest BCUT2D eigenvalue weighted by molar-refractivity contribution is 5.77. The van der Waals surface area contributed by atoms with E-state index in [2.05, 4.69) is 20.2 Å². The average Bonchev–Trinajstić information content (AvgIpc) is 2.34. The molecule has 1 rings (SSSR count). The van der Waals surface area contributed by atoms with E-state index in [1.54, 1.807) is 6.92 Å². The van der Waals surface area contributed by atoms with Crippen molar-refractivity contribution in [3.8, 4) is 0 Å². The lowest BCUT2D eigenvalue weighted by atomic mass is 10.3. The zero-order valence-electron chi connectivity index (χ0n) is 7.50. The third-order valence-corrected chi connectivity index (χ3v) is 1.39. The van der Waals surface area contributed by atoms with Crippen LogP contribution in [0.3, 0.4) is 0 Å². The van der Waals surface area contributed by atoms with E-state index in [9.17, 15) is 0 Å². The Morgan fingerprint density at radius 1 is 1.67 bits per heavy atom. The molecule has 0 radical (unpaired) electrons. The van der Waals surface area contributed by atoms with Crippen molar-refractivity contribution in [1.29, 1.82) is 0 Å². The first-order chi connectivity index (χ1) is 5.59. The summed E-state index contributed by atoms with van der Waals surface area (Å²) in [5, 5.41) is 6.72. The number of amidine groups is 1. The second kappa shape index (κ2) is 3.34. The maximum Gasteiger partial charge on any atom is 0.174 e. The van der Waals surface area contributed by atoms with Crippen molar-refractivity contribution in [3.63, 3.8) is 0 Å². The lowest BCUT2D eigenvalue weighted by Crippen LogP contribution is -2.08. The first-order valence-corrected chi connectivity index (χ1v) is 3.78. The fourth-order valence-corrected chi connectivity index (χ4v) is 0.910. The van der Waals surface area contributed by atoms with Crippen LogP contribution in [-0.4, -0.2) is 21.0 Å². The molecule has 0 amide bonds. The molecule has 5 heteroatoms. The summed E-state index contributed by atoms with van der Waals surface area (Å²) in [6.07, 6.45) is 0. The van der Waals surface area contributed by atoms with Gasteiger partial charge in [0.25, 0.3) is 0 Å². The van der Waals surface area contributed by atoms with Gasteiger partial charge < -0.3 is 5.73 Å². The van der Waals surface area contributed by atoms with Crippen molar-refractivity contribution in [1.82, 2.24) is 15.2 Å². The van der Waals surface area contributed by atoms with Crippen molar-refractivity contribution in [2.45, 2.75) is 26.8 Å². The second-order valence-electron chi connectivity index (χ2n) is 2.73. The minimum Gasteiger partial charge on any atom is -0.388 e. The van der Waals surface area contributed by atoms with Gasteiger partial charge in [0.05, 0.1) is 5.84 Å². The van der Waals surface area contributed by atoms with Gasteiger partial charge in [-0.2, -0.15) is 5.10 Å². The molecule has 0 bridgehead atoms. The molecule has 3 N–H and O–H groups in total. The van der Waals surface area contributed by atoms with Crippen LogP contribution in [0.4, 0.5) is 0 Å². The van der Waals surface area contributed by atoms with Crippen LogP contribution in [0.25, 0.3) is 0 Å². The van der Waals surface area contributed by atoms with Crippen LogP contribution in [0.15, 0.2) is 4.99 Å². The third-order valence-electron chi connectivity index (χ3n) is 1.39. The summed E-state index contributed by atoms with van der Waals surface area (Å²) < 4.78 is 0. The van der Waals surface area contributed by atoms with Gasteiger partial charge in [-0.05, 0) is 20.8 Å². The second-order valence-corrected chi connectivity index (χ2v) is 2.73. The number of nitrogens with one attached hydrogen (secondary N) is 1. The van der Waals surface area contributed by atoms with Crippen LogP contribution >= 0.6 is 0 Å². The summed E-state index contributed by atoms with van der Waals surface area (Å²) in [4.78, 5) is 8.24. The zero-order chi connectivity index (χ0) is 9.14. The van der Waals surface area contributed by atoms with Crippen LogP contribution in [0.5, 0.6) is 0 Å². The summed E-state index contributed by atoms with van der Waals surface area (Å²) >= 11 is 0. The number of aliphatic imine (C=N–C) groups is 1. The Kier molecular flexibility index (Phi) is 2.42. The molecule has 5 nitrogen and oxygen atoms in total. The molecule has 1 aromatic rings. The highest BCUT2D eigenvalue weighted by atomic mass is 15.2. The predicted octanol–water partition coefficient (Wildman–Crippen LogP) is 0.551. The van der Waals surface area contributed by atoms with Crippen LogP contribution in [0.1, 0.15) is 31.5 Å². The van der Waals surface area contributed by atoms with E-state index in [0.29, 0.717) is 11.7 Å². The van der Waals surface area contributed by atoms with E-state index in [1.807, 2.05) is 13.8 Å². The smallest absolute Gasteiger partial charge is 0.174 e. The summed E-state index contributed by atoms with van der Waals surface area (Å²) in [7, 11) is 0. The first-order valence-electron chi connectivity index (χ1n) is 3.78. The molecule has 0 aliphatic rings. The average molecular weight is 167 g/mol. The van der Waals surface area contributed by atoms with Crippen molar-refractivity contribution in [2.24, 2.45) is 10.7 Å². The molecule has 0 saturated heterocycles. The number of aromatic amines is 1. The first kappa shape index (κ1) is 8.70. The van der Waals surface area contributed by atoms with Gasteiger partial charge in [0, 0.05) is 0 Å². The van der Waals surface area contributed by atoms with Gasteiger partial charge in [0.2, 0.25) is 0 Å².